The van der Waals surface area contributed by atoms with E-state index in [1.165, 1.54) is 0 Å². The Bertz CT molecular complexity index is 1030. The Morgan fingerprint density at radius 1 is 1.07 bits per heavy atom. The van der Waals surface area contributed by atoms with Crippen LogP contribution in [0.5, 0.6) is 5.75 Å². The number of benzene rings is 2. The molecule has 142 valence electrons. The van der Waals surface area contributed by atoms with Gasteiger partial charge in [0.1, 0.15) is 5.75 Å². The van der Waals surface area contributed by atoms with Crippen molar-refractivity contribution in [3.8, 4) is 5.75 Å². The lowest BCUT2D eigenvalue weighted by atomic mass is 9.80. The molecule has 0 amide bonds. The van der Waals surface area contributed by atoms with Crippen LogP contribution in [0.3, 0.4) is 0 Å². The van der Waals surface area contributed by atoms with E-state index in [0.717, 1.165) is 16.8 Å². The fourth-order valence-electron chi connectivity index (χ4n) is 3.94. The zero-order valence-corrected chi connectivity index (χ0v) is 16.0. The smallest absolute Gasteiger partial charge is 0.336 e. The highest BCUT2D eigenvalue weighted by Gasteiger charge is 2.42. The first-order chi connectivity index (χ1) is 13.6. The second-order valence-electron chi connectivity index (χ2n) is 6.75. The van der Waals surface area contributed by atoms with Gasteiger partial charge in [-0.1, -0.05) is 36.4 Å². The van der Waals surface area contributed by atoms with E-state index in [9.17, 15) is 9.59 Å². The molecule has 4 rings (SSSR count). The summed E-state index contributed by atoms with van der Waals surface area (Å²) in [5.41, 5.74) is 4.87. The van der Waals surface area contributed by atoms with Gasteiger partial charge in [-0.3, -0.25) is 4.79 Å². The summed E-state index contributed by atoms with van der Waals surface area (Å²) in [7, 11) is 1.60. The summed E-state index contributed by atoms with van der Waals surface area (Å²) in [6.07, 6.45) is 0. The van der Waals surface area contributed by atoms with Crippen molar-refractivity contribution in [1.29, 1.82) is 0 Å². The predicted octanol–water partition coefficient (Wildman–Crippen LogP) is 3.83. The van der Waals surface area contributed by atoms with Crippen molar-refractivity contribution in [1.82, 2.24) is 5.32 Å². The molecule has 5 nitrogen and oxygen atoms in total. The quantitative estimate of drug-likeness (QED) is 0.823. The van der Waals surface area contributed by atoms with E-state index in [0.29, 0.717) is 28.2 Å². The van der Waals surface area contributed by atoms with Gasteiger partial charge in [0.25, 0.3) is 0 Å². The van der Waals surface area contributed by atoms with Crippen LogP contribution in [0.1, 0.15) is 41.3 Å². The highest BCUT2D eigenvalue weighted by atomic mass is 16.5. The van der Waals surface area contributed by atoms with Crippen LogP contribution < -0.4 is 10.1 Å². The number of ketones is 1. The molecule has 2 aromatic rings. The van der Waals surface area contributed by atoms with Gasteiger partial charge >= 0.3 is 5.97 Å². The number of allylic oxidation sites excluding steroid dienone is 2. The topological polar surface area (TPSA) is 64.6 Å². The number of esters is 1. The Hall–Kier alpha value is -3.34. The van der Waals surface area contributed by atoms with E-state index >= 15 is 0 Å². The lowest BCUT2D eigenvalue weighted by molar-refractivity contribution is -0.138. The van der Waals surface area contributed by atoms with E-state index in [2.05, 4.69) is 5.32 Å². The third-order valence-electron chi connectivity index (χ3n) is 5.19. The predicted molar refractivity (Wildman–Crippen MR) is 106 cm³/mol. The van der Waals surface area contributed by atoms with Gasteiger partial charge in [0, 0.05) is 28.3 Å². The van der Waals surface area contributed by atoms with Crippen molar-refractivity contribution in [2.24, 2.45) is 0 Å². The maximum absolute atomic E-state index is 13.3. The monoisotopic (exact) mass is 375 g/mol. The first kappa shape index (κ1) is 18.0. The number of rotatable bonds is 4. The Labute approximate surface area is 163 Å². The van der Waals surface area contributed by atoms with Gasteiger partial charge in [-0.2, -0.15) is 0 Å². The molecule has 0 aromatic heterocycles. The van der Waals surface area contributed by atoms with Crippen LogP contribution in [0.4, 0.5) is 0 Å². The van der Waals surface area contributed by atoms with Gasteiger partial charge in [-0.15, -0.1) is 0 Å². The van der Waals surface area contributed by atoms with Crippen molar-refractivity contribution in [3.63, 3.8) is 0 Å². The van der Waals surface area contributed by atoms with Crippen LogP contribution in [0.25, 0.3) is 5.70 Å². The molecule has 0 saturated heterocycles. The number of carbonyl (C=O) groups excluding carboxylic acids is 2. The standard InChI is InChI=1S/C23H21NO4/c1-4-28-23(26)18-13(2)24-21-16-7-5-6-8-17(16)22(25)20(21)19(18)14-9-11-15(27-3)12-10-14/h5-12,19,24H,4H2,1-3H3/t19-/m0/s1. The Balaban J connectivity index is 1.90. The van der Waals surface area contributed by atoms with E-state index in [4.69, 9.17) is 9.47 Å². The van der Waals surface area contributed by atoms with Crippen molar-refractivity contribution in [2.75, 3.05) is 13.7 Å². The molecule has 0 saturated carbocycles. The van der Waals surface area contributed by atoms with Crippen LogP contribution >= 0.6 is 0 Å². The minimum absolute atomic E-state index is 0.0618. The van der Waals surface area contributed by atoms with Gasteiger partial charge < -0.3 is 14.8 Å². The molecule has 0 bridgehead atoms. The highest BCUT2D eigenvalue weighted by molar-refractivity contribution is 6.23. The number of Topliss-reactive ketones (excluding diaryl/α,β-unsaturated/α-hetero) is 1. The van der Waals surface area contributed by atoms with Crippen molar-refractivity contribution < 1.29 is 19.1 Å². The SMILES string of the molecule is CCOC(=O)C1=C(C)NC2=C(C(=O)c3ccccc32)[C@H]1c1ccc(OC)cc1. The first-order valence-electron chi connectivity index (χ1n) is 9.24. The summed E-state index contributed by atoms with van der Waals surface area (Å²) in [5, 5.41) is 3.29. The maximum Gasteiger partial charge on any atom is 0.336 e. The molecule has 1 aliphatic heterocycles. The third-order valence-corrected chi connectivity index (χ3v) is 5.19. The summed E-state index contributed by atoms with van der Waals surface area (Å²) in [6.45, 7) is 3.89. The molecule has 2 aromatic carbocycles. The number of dihydropyridines is 1. The molecule has 0 unspecified atom stereocenters. The number of ether oxygens (including phenoxy) is 2. The van der Waals surface area contributed by atoms with Gasteiger partial charge in [-0.05, 0) is 31.5 Å². The third kappa shape index (κ3) is 2.71. The largest absolute Gasteiger partial charge is 0.497 e. The molecule has 0 fully saturated rings. The van der Waals surface area contributed by atoms with Crippen LogP contribution in [-0.2, 0) is 9.53 Å². The molecular weight excluding hydrogens is 354 g/mol. The van der Waals surface area contributed by atoms with E-state index in [1.54, 1.807) is 14.0 Å². The van der Waals surface area contributed by atoms with Crippen molar-refractivity contribution in [2.45, 2.75) is 19.8 Å². The van der Waals surface area contributed by atoms with E-state index < -0.39 is 11.9 Å². The van der Waals surface area contributed by atoms with Crippen LogP contribution in [0, 0.1) is 0 Å². The number of methoxy groups -OCH3 is 1. The second kappa shape index (κ2) is 7.00. The molecule has 1 aliphatic carbocycles. The van der Waals surface area contributed by atoms with Crippen LogP contribution in [0.15, 0.2) is 65.4 Å². The zero-order valence-electron chi connectivity index (χ0n) is 16.0. The lowest BCUT2D eigenvalue weighted by Crippen LogP contribution is -2.29. The minimum atomic E-state index is -0.499. The maximum atomic E-state index is 13.3. The molecule has 28 heavy (non-hydrogen) atoms. The summed E-state index contributed by atoms with van der Waals surface area (Å²) >= 11 is 0. The fourth-order valence-corrected chi connectivity index (χ4v) is 3.94. The van der Waals surface area contributed by atoms with Crippen LogP contribution in [-0.4, -0.2) is 25.5 Å². The number of hydrogen-bond donors (Lipinski definition) is 1. The first-order valence-corrected chi connectivity index (χ1v) is 9.24. The molecule has 1 N–H and O–H groups in total. The molecule has 1 heterocycles. The summed E-state index contributed by atoms with van der Waals surface area (Å²) < 4.78 is 10.6. The highest BCUT2D eigenvalue weighted by Crippen LogP contribution is 2.46. The summed E-state index contributed by atoms with van der Waals surface area (Å²) in [4.78, 5) is 26.1. The molecule has 2 aliphatic rings. The van der Waals surface area contributed by atoms with Gasteiger partial charge in [-0.25, -0.2) is 4.79 Å². The average Bonchev–Trinajstić information content (AvgIpc) is 2.99. The number of hydrogen-bond acceptors (Lipinski definition) is 5. The van der Waals surface area contributed by atoms with Gasteiger partial charge in [0.05, 0.1) is 25.0 Å². The molecule has 1 atom stereocenters. The lowest BCUT2D eigenvalue weighted by Gasteiger charge is -2.29. The van der Waals surface area contributed by atoms with E-state index in [-0.39, 0.29) is 12.4 Å². The minimum Gasteiger partial charge on any atom is -0.497 e. The van der Waals surface area contributed by atoms with Crippen LogP contribution in [0.2, 0.25) is 0 Å². The normalized spacial score (nSPS) is 17.8. The van der Waals surface area contributed by atoms with E-state index in [1.807, 2.05) is 55.5 Å². The molecule has 0 spiro atoms. The molecule has 0 radical (unpaired) electrons. The Kier molecular flexibility index (Phi) is 4.51. The number of fused-ring (bicyclic) bond motifs is 2. The summed E-state index contributed by atoms with van der Waals surface area (Å²) in [6, 6.07) is 15.0. The molecule has 5 heteroatoms. The number of nitrogens with one attached hydrogen (secondary N) is 1. The van der Waals surface area contributed by atoms with Gasteiger partial charge in [0.15, 0.2) is 5.78 Å². The molecular formula is C23H21NO4. The second-order valence-corrected chi connectivity index (χ2v) is 6.75. The zero-order chi connectivity index (χ0) is 19.8. The van der Waals surface area contributed by atoms with Gasteiger partial charge in [0.2, 0.25) is 0 Å². The summed E-state index contributed by atoms with van der Waals surface area (Å²) in [5.74, 6) is -0.260. The Morgan fingerprint density at radius 2 is 1.75 bits per heavy atom. The average molecular weight is 375 g/mol. The fraction of sp³-hybridized carbons (Fsp3) is 0.217. The van der Waals surface area contributed by atoms with Crippen molar-refractivity contribution >= 4 is 17.4 Å². The Morgan fingerprint density at radius 3 is 2.39 bits per heavy atom. The number of carbonyl (C=O) groups is 2. The van der Waals surface area contributed by atoms with Crippen molar-refractivity contribution in [3.05, 3.63) is 82.1 Å².